The number of nitrogens with zero attached hydrogens (tertiary/aromatic N) is 1. The van der Waals surface area contributed by atoms with E-state index in [9.17, 15) is 4.79 Å². The summed E-state index contributed by atoms with van der Waals surface area (Å²) < 4.78 is 0. The smallest absolute Gasteiger partial charge is 0.229 e. The van der Waals surface area contributed by atoms with Crippen LogP contribution in [-0.4, -0.2) is 24.0 Å². The van der Waals surface area contributed by atoms with Crippen LogP contribution in [0.4, 0.5) is 5.13 Å². The lowest BCUT2D eigenvalue weighted by Crippen LogP contribution is -2.48. The first-order valence-electron chi connectivity index (χ1n) is 6.21. The number of anilines is 1. The minimum Gasteiger partial charge on any atom is -0.316 e. The van der Waals surface area contributed by atoms with Crippen LogP contribution in [0.15, 0.2) is 5.38 Å². The fourth-order valence-electron chi connectivity index (χ4n) is 2.01. The van der Waals surface area contributed by atoms with Gasteiger partial charge in [-0.2, -0.15) is 0 Å². The third-order valence-electron chi connectivity index (χ3n) is 3.68. The molecule has 4 nitrogen and oxygen atoms in total. The van der Waals surface area contributed by atoms with Crippen molar-refractivity contribution in [1.82, 2.24) is 10.3 Å². The molecule has 1 unspecified atom stereocenters. The summed E-state index contributed by atoms with van der Waals surface area (Å²) >= 11 is 1.54. The molecule has 1 aromatic rings. The van der Waals surface area contributed by atoms with E-state index in [1.165, 1.54) is 12.8 Å². The predicted molar refractivity (Wildman–Crippen MR) is 75.5 cm³/mol. The summed E-state index contributed by atoms with van der Waals surface area (Å²) in [5, 5.41) is 8.96. The van der Waals surface area contributed by atoms with Gasteiger partial charge in [-0.15, -0.1) is 23.7 Å². The number of aromatic nitrogens is 1. The zero-order chi connectivity index (χ0) is 11.8. The van der Waals surface area contributed by atoms with Crippen molar-refractivity contribution in [2.75, 3.05) is 18.4 Å². The highest BCUT2D eigenvalue weighted by molar-refractivity contribution is 7.13. The van der Waals surface area contributed by atoms with Gasteiger partial charge in [-0.25, -0.2) is 4.98 Å². The van der Waals surface area contributed by atoms with E-state index in [4.69, 9.17) is 0 Å². The molecule has 1 aliphatic heterocycles. The van der Waals surface area contributed by atoms with Crippen molar-refractivity contribution in [2.24, 2.45) is 11.8 Å². The molecule has 1 saturated carbocycles. The molecule has 18 heavy (non-hydrogen) atoms. The number of carbonyl (C=O) groups excluding carboxylic acids is 1. The van der Waals surface area contributed by atoms with Crippen LogP contribution in [0.5, 0.6) is 0 Å². The Morgan fingerprint density at radius 3 is 2.83 bits per heavy atom. The molecule has 3 rings (SSSR count). The Morgan fingerprint density at radius 1 is 1.56 bits per heavy atom. The van der Waals surface area contributed by atoms with E-state index in [0.29, 0.717) is 11.8 Å². The second-order valence-corrected chi connectivity index (χ2v) is 5.91. The summed E-state index contributed by atoms with van der Waals surface area (Å²) in [6.45, 7) is 3.91. The van der Waals surface area contributed by atoms with Gasteiger partial charge in [0.15, 0.2) is 5.13 Å². The van der Waals surface area contributed by atoms with E-state index < -0.39 is 0 Å². The zero-order valence-corrected chi connectivity index (χ0v) is 11.9. The highest BCUT2D eigenvalue weighted by Gasteiger charge is 2.30. The van der Waals surface area contributed by atoms with E-state index in [1.54, 1.807) is 11.3 Å². The fourth-order valence-corrected chi connectivity index (χ4v) is 2.80. The van der Waals surface area contributed by atoms with Crippen LogP contribution in [-0.2, 0) is 4.79 Å². The van der Waals surface area contributed by atoms with Gasteiger partial charge < -0.3 is 10.6 Å². The van der Waals surface area contributed by atoms with Gasteiger partial charge in [-0.3, -0.25) is 4.79 Å². The van der Waals surface area contributed by atoms with Crippen LogP contribution in [0.1, 0.15) is 31.4 Å². The topological polar surface area (TPSA) is 54.0 Å². The number of rotatable bonds is 4. The van der Waals surface area contributed by atoms with Crippen molar-refractivity contribution in [3.8, 4) is 0 Å². The third-order valence-corrected chi connectivity index (χ3v) is 4.46. The molecule has 2 fully saturated rings. The molecular weight excluding hydrogens is 270 g/mol. The van der Waals surface area contributed by atoms with Gasteiger partial charge in [0.1, 0.15) is 0 Å². The summed E-state index contributed by atoms with van der Waals surface area (Å²) in [5.41, 5.74) is 1.16. The van der Waals surface area contributed by atoms with E-state index >= 15 is 0 Å². The van der Waals surface area contributed by atoms with Crippen molar-refractivity contribution < 1.29 is 4.79 Å². The highest BCUT2D eigenvalue weighted by atomic mass is 35.5. The lowest BCUT2D eigenvalue weighted by Gasteiger charge is -2.31. The van der Waals surface area contributed by atoms with Gasteiger partial charge in [0.05, 0.1) is 5.69 Å². The van der Waals surface area contributed by atoms with Crippen LogP contribution in [0, 0.1) is 11.8 Å². The van der Waals surface area contributed by atoms with E-state index in [-0.39, 0.29) is 24.2 Å². The molecule has 2 aliphatic rings. The normalized spacial score (nSPS) is 20.7. The van der Waals surface area contributed by atoms with E-state index in [0.717, 1.165) is 23.9 Å². The first kappa shape index (κ1) is 13.8. The Bertz CT molecular complexity index is 429. The minimum absolute atomic E-state index is 0. The maximum absolute atomic E-state index is 12.0. The molecule has 2 heterocycles. The lowest BCUT2D eigenvalue weighted by molar-refractivity contribution is -0.121. The number of hydrogen-bond acceptors (Lipinski definition) is 4. The maximum Gasteiger partial charge on any atom is 0.229 e. The van der Waals surface area contributed by atoms with Crippen LogP contribution < -0.4 is 10.6 Å². The maximum atomic E-state index is 12.0. The van der Waals surface area contributed by atoms with Crippen LogP contribution in [0.2, 0.25) is 0 Å². The number of nitrogens with one attached hydrogen (secondary N) is 2. The third kappa shape index (κ3) is 2.84. The van der Waals surface area contributed by atoms with Gasteiger partial charge in [0, 0.05) is 17.2 Å². The summed E-state index contributed by atoms with van der Waals surface area (Å²) in [7, 11) is 0. The van der Waals surface area contributed by atoms with Gasteiger partial charge in [-0.1, -0.05) is 6.92 Å². The molecule has 6 heteroatoms. The van der Waals surface area contributed by atoms with Gasteiger partial charge >= 0.3 is 0 Å². The van der Waals surface area contributed by atoms with Gasteiger partial charge in [0.2, 0.25) is 5.91 Å². The molecule has 2 N–H and O–H groups in total. The first-order valence-corrected chi connectivity index (χ1v) is 7.09. The Labute approximate surface area is 117 Å². The molecular formula is C12H18ClN3OS. The quantitative estimate of drug-likeness (QED) is 0.893. The SMILES string of the molecule is CC(C(=O)Nc1nc(C2CC2)cs1)C1CNC1.Cl. The van der Waals surface area contributed by atoms with Crippen molar-refractivity contribution in [3.63, 3.8) is 0 Å². The average molecular weight is 288 g/mol. The molecule has 1 amide bonds. The van der Waals surface area contributed by atoms with Crippen LogP contribution in [0.25, 0.3) is 0 Å². The number of thiazole rings is 1. The molecule has 0 bridgehead atoms. The van der Waals surface area contributed by atoms with Crippen LogP contribution >= 0.6 is 23.7 Å². The molecule has 1 aliphatic carbocycles. The molecule has 0 aromatic carbocycles. The van der Waals surface area contributed by atoms with E-state index in [1.807, 2.05) is 6.92 Å². The lowest BCUT2D eigenvalue weighted by atomic mass is 9.88. The number of hydrogen-bond donors (Lipinski definition) is 2. The fraction of sp³-hybridized carbons (Fsp3) is 0.667. The van der Waals surface area contributed by atoms with Gasteiger partial charge in [-0.05, 0) is 31.8 Å². The second kappa shape index (κ2) is 5.55. The molecule has 100 valence electrons. The van der Waals surface area contributed by atoms with Crippen molar-refractivity contribution in [2.45, 2.75) is 25.7 Å². The summed E-state index contributed by atoms with van der Waals surface area (Å²) in [6.07, 6.45) is 2.50. The van der Waals surface area contributed by atoms with Crippen molar-refractivity contribution in [3.05, 3.63) is 11.1 Å². The predicted octanol–water partition coefficient (Wildman–Crippen LogP) is 2.24. The standard InChI is InChI=1S/C12H17N3OS.ClH/c1-7(9-4-13-5-9)11(16)15-12-14-10(6-17-12)8-2-3-8;/h6-9,13H,2-5H2,1H3,(H,14,15,16);1H. The monoisotopic (exact) mass is 287 g/mol. The number of halogens is 1. The van der Waals surface area contributed by atoms with Gasteiger partial charge in [0.25, 0.3) is 0 Å². The molecule has 1 aromatic heterocycles. The number of carbonyl (C=O) groups is 1. The molecule has 0 spiro atoms. The number of amides is 1. The zero-order valence-electron chi connectivity index (χ0n) is 10.3. The Balaban J connectivity index is 0.00000120. The molecule has 0 radical (unpaired) electrons. The van der Waals surface area contributed by atoms with E-state index in [2.05, 4.69) is 21.0 Å². The van der Waals surface area contributed by atoms with Crippen molar-refractivity contribution in [1.29, 1.82) is 0 Å². The van der Waals surface area contributed by atoms with Crippen LogP contribution in [0.3, 0.4) is 0 Å². The Hall–Kier alpha value is -0.650. The summed E-state index contributed by atoms with van der Waals surface area (Å²) in [5.74, 6) is 1.32. The highest BCUT2D eigenvalue weighted by Crippen LogP contribution is 2.40. The second-order valence-electron chi connectivity index (χ2n) is 5.05. The minimum atomic E-state index is 0. The Morgan fingerprint density at radius 2 is 2.28 bits per heavy atom. The van der Waals surface area contributed by atoms with Crippen molar-refractivity contribution >= 4 is 34.8 Å². The first-order chi connectivity index (χ1) is 8.24. The Kier molecular flexibility index (Phi) is 4.25. The average Bonchev–Trinajstić information content (AvgIpc) is 2.98. The largest absolute Gasteiger partial charge is 0.316 e. The molecule has 1 saturated heterocycles. The molecule has 1 atom stereocenters. The summed E-state index contributed by atoms with van der Waals surface area (Å²) in [6, 6.07) is 0. The summed E-state index contributed by atoms with van der Waals surface area (Å²) in [4.78, 5) is 16.4.